The van der Waals surface area contributed by atoms with Crippen LogP contribution in [0.25, 0.3) is 16.7 Å². The molecule has 4 aromatic rings. The molecule has 5 rings (SSSR count). The molecule has 1 aliphatic heterocycles. The molecule has 1 aliphatic rings. The highest BCUT2D eigenvalue weighted by atomic mass is 32.2. The van der Waals surface area contributed by atoms with Gasteiger partial charge in [0.2, 0.25) is 5.91 Å². The summed E-state index contributed by atoms with van der Waals surface area (Å²) in [6.07, 6.45) is -3.63. The van der Waals surface area contributed by atoms with Crippen molar-refractivity contribution >= 4 is 34.4 Å². The summed E-state index contributed by atoms with van der Waals surface area (Å²) in [5.74, 6) is -1.65. The number of thioether (sulfide) groups is 1. The largest absolute Gasteiger partial charge is 0.419 e. The van der Waals surface area contributed by atoms with E-state index in [9.17, 15) is 27.2 Å². The van der Waals surface area contributed by atoms with Gasteiger partial charge < -0.3 is 5.32 Å². The first kappa shape index (κ1) is 24.0. The Morgan fingerprint density at radius 1 is 1.17 bits per heavy atom. The molecule has 1 unspecified atom stereocenters. The third-order valence-electron chi connectivity index (χ3n) is 6.08. The molecule has 0 saturated heterocycles. The van der Waals surface area contributed by atoms with E-state index in [4.69, 9.17) is 0 Å². The molecule has 7 nitrogen and oxygen atoms in total. The summed E-state index contributed by atoms with van der Waals surface area (Å²) in [6.45, 7) is 3.97. The summed E-state index contributed by atoms with van der Waals surface area (Å²) < 4.78 is 55.5. The number of alkyl halides is 3. The monoisotopic (exact) mass is 517 g/mol. The van der Waals surface area contributed by atoms with Crippen LogP contribution in [0.2, 0.25) is 0 Å². The maximum atomic E-state index is 13.5. The van der Waals surface area contributed by atoms with E-state index < -0.39 is 29.5 Å². The smallest absolute Gasteiger partial charge is 0.326 e. The van der Waals surface area contributed by atoms with E-state index >= 15 is 0 Å². The summed E-state index contributed by atoms with van der Waals surface area (Å²) in [5, 5.41) is 7.43. The molecule has 0 radical (unpaired) electrons. The first-order chi connectivity index (χ1) is 17.0. The molecule has 12 heteroatoms. The fraction of sp³-hybridized carbons (Fsp3) is 0.250. The standard InChI is InChI=1S/C24H19F4N5O2S/c1-12-3-5-15(7-13(12)2)33-21-17(10-29-33)22(35)32-16(11-36-23(32)31-21)9-20(34)30-14-4-6-19(25)18(8-14)24(26,27)28/h3-8,10,16H,9,11H2,1-2H3,(H,30,34). The lowest BCUT2D eigenvalue weighted by Crippen LogP contribution is -2.27. The predicted molar refractivity (Wildman–Crippen MR) is 127 cm³/mol. The molecule has 2 aromatic carbocycles. The zero-order chi connectivity index (χ0) is 25.8. The van der Waals surface area contributed by atoms with Gasteiger partial charge in [0.05, 0.1) is 23.5 Å². The molecule has 0 aliphatic carbocycles. The van der Waals surface area contributed by atoms with Crippen LogP contribution in [0.15, 0.2) is 52.5 Å². The minimum absolute atomic E-state index is 0.170. The Bertz CT molecular complexity index is 1580. The highest BCUT2D eigenvalue weighted by Gasteiger charge is 2.35. The first-order valence-electron chi connectivity index (χ1n) is 10.9. The Kier molecular flexibility index (Phi) is 5.86. The van der Waals surface area contributed by atoms with Crippen LogP contribution in [-0.4, -0.2) is 31.0 Å². The van der Waals surface area contributed by atoms with Crippen molar-refractivity contribution in [2.45, 2.75) is 37.6 Å². The van der Waals surface area contributed by atoms with Gasteiger partial charge in [0.25, 0.3) is 5.56 Å². The van der Waals surface area contributed by atoms with Gasteiger partial charge in [-0.25, -0.2) is 14.1 Å². The van der Waals surface area contributed by atoms with Crippen molar-refractivity contribution in [2.75, 3.05) is 11.1 Å². The number of hydrogen-bond acceptors (Lipinski definition) is 5. The van der Waals surface area contributed by atoms with Crippen LogP contribution in [0.4, 0.5) is 23.2 Å². The summed E-state index contributed by atoms with van der Waals surface area (Å²) in [6, 6.07) is 7.50. The lowest BCUT2D eigenvalue weighted by molar-refractivity contribution is -0.140. The highest BCUT2D eigenvalue weighted by Crippen LogP contribution is 2.35. The van der Waals surface area contributed by atoms with Crippen molar-refractivity contribution in [1.29, 1.82) is 0 Å². The Morgan fingerprint density at radius 3 is 2.67 bits per heavy atom. The van der Waals surface area contributed by atoms with Crippen LogP contribution in [0.1, 0.15) is 29.2 Å². The van der Waals surface area contributed by atoms with E-state index in [-0.39, 0.29) is 17.7 Å². The zero-order valence-electron chi connectivity index (χ0n) is 19.1. The van der Waals surface area contributed by atoms with Crippen LogP contribution in [0.3, 0.4) is 0 Å². The zero-order valence-corrected chi connectivity index (χ0v) is 19.9. The minimum Gasteiger partial charge on any atom is -0.326 e. The SMILES string of the molecule is Cc1ccc(-n2ncc3c(=O)n4c(nc32)SCC4CC(=O)Nc2ccc(F)c(C(F)(F)F)c2)cc1C. The molecular weight excluding hydrogens is 498 g/mol. The van der Waals surface area contributed by atoms with Gasteiger partial charge in [0.15, 0.2) is 10.8 Å². The predicted octanol–water partition coefficient (Wildman–Crippen LogP) is 5.03. The number of aryl methyl sites for hydroxylation is 2. The van der Waals surface area contributed by atoms with Crippen LogP contribution < -0.4 is 10.9 Å². The van der Waals surface area contributed by atoms with Gasteiger partial charge in [-0.15, -0.1) is 0 Å². The third-order valence-corrected chi connectivity index (χ3v) is 7.18. The van der Waals surface area contributed by atoms with Gasteiger partial charge in [-0.05, 0) is 55.3 Å². The first-order valence-corrected chi connectivity index (χ1v) is 11.9. The van der Waals surface area contributed by atoms with Gasteiger partial charge in [0, 0.05) is 17.9 Å². The highest BCUT2D eigenvalue weighted by molar-refractivity contribution is 7.99. The quantitative estimate of drug-likeness (QED) is 0.303. The molecule has 1 amide bonds. The Hall–Kier alpha value is -3.67. The fourth-order valence-corrected chi connectivity index (χ4v) is 5.20. The fourth-order valence-electron chi connectivity index (χ4n) is 4.07. The molecule has 0 spiro atoms. The number of amides is 1. The maximum Gasteiger partial charge on any atom is 0.419 e. The molecule has 1 atom stereocenters. The van der Waals surface area contributed by atoms with E-state index in [1.807, 2.05) is 32.0 Å². The molecule has 3 heterocycles. The number of nitrogens with one attached hydrogen (secondary N) is 1. The Morgan fingerprint density at radius 2 is 1.94 bits per heavy atom. The number of carbonyl (C=O) groups is 1. The van der Waals surface area contributed by atoms with Gasteiger partial charge in [-0.1, -0.05) is 17.8 Å². The number of carbonyl (C=O) groups excluding carboxylic acids is 1. The molecule has 186 valence electrons. The van der Waals surface area contributed by atoms with Crippen LogP contribution in [0.5, 0.6) is 0 Å². The van der Waals surface area contributed by atoms with Crippen molar-refractivity contribution < 1.29 is 22.4 Å². The van der Waals surface area contributed by atoms with E-state index in [1.165, 1.54) is 22.5 Å². The van der Waals surface area contributed by atoms with Crippen molar-refractivity contribution in [3.63, 3.8) is 0 Å². The number of benzene rings is 2. The van der Waals surface area contributed by atoms with Crippen molar-refractivity contribution in [1.82, 2.24) is 19.3 Å². The second-order valence-electron chi connectivity index (χ2n) is 8.54. The third kappa shape index (κ3) is 4.25. The molecule has 0 saturated carbocycles. The molecule has 36 heavy (non-hydrogen) atoms. The number of hydrogen-bond donors (Lipinski definition) is 1. The number of nitrogens with zero attached hydrogens (tertiary/aromatic N) is 4. The average molecular weight is 518 g/mol. The number of anilines is 1. The van der Waals surface area contributed by atoms with Crippen LogP contribution >= 0.6 is 11.8 Å². The minimum atomic E-state index is -4.89. The maximum absolute atomic E-state index is 13.5. The van der Waals surface area contributed by atoms with Gasteiger partial charge in [-0.3, -0.25) is 14.2 Å². The van der Waals surface area contributed by atoms with Gasteiger partial charge in [0.1, 0.15) is 11.2 Å². The molecular formula is C24H19F4N5O2S. The van der Waals surface area contributed by atoms with Gasteiger partial charge >= 0.3 is 6.18 Å². The second kappa shape index (κ2) is 8.77. The molecule has 1 N–H and O–H groups in total. The summed E-state index contributed by atoms with van der Waals surface area (Å²) in [5.41, 5.74) is 1.35. The lowest BCUT2D eigenvalue weighted by atomic mass is 10.1. The van der Waals surface area contributed by atoms with Crippen LogP contribution in [0, 0.1) is 19.7 Å². The summed E-state index contributed by atoms with van der Waals surface area (Å²) in [7, 11) is 0. The van der Waals surface area contributed by atoms with Crippen molar-refractivity contribution in [3.8, 4) is 5.69 Å². The second-order valence-corrected chi connectivity index (χ2v) is 9.53. The number of fused-ring (bicyclic) bond motifs is 2. The molecule has 2 aromatic heterocycles. The summed E-state index contributed by atoms with van der Waals surface area (Å²) in [4.78, 5) is 30.5. The Balaban J connectivity index is 1.41. The van der Waals surface area contributed by atoms with Crippen LogP contribution in [-0.2, 0) is 11.0 Å². The number of rotatable bonds is 4. The van der Waals surface area contributed by atoms with Crippen molar-refractivity contribution in [3.05, 3.63) is 75.5 Å². The average Bonchev–Trinajstić information content (AvgIpc) is 3.41. The molecule has 0 bridgehead atoms. The normalized spacial score (nSPS) is 15.3. The van der Waals surface area contributed by atoms with E-state index in [0.29, 0.717) is 34.1 Å². The number of halogens is 4. The molecule has 0 fully saturated rings. The van der Waals surface area contributed by atoms with Gasteiger partial charge in [-0.2, -0.15) is 18.3 Å². The van der Waals surface area contributed by atoms with E-state index in [1.54, 1.807) is 4.68 Å². The van der Waals surface area contributed by atoms with Crippen molar-refractivity contribution in [2.24, 2.45) is 0 Å². The topological polar surface area (TPSA) is 81.8 Å². The number of aromatic nitrogens is 4. The van der Waals surface area contributed by atoms with E-state index in [2.05, 4.69) is 15.4 Å². The Labute approximate surface area is 206 Å². The summed E-state index contributed by atoms with van der Waals surface area (Å²) >= 11 is 1.31. The van der Waals surface area contributed by atoms with E-state index in [0.717, 1.165) is 22.9 Å². The lowest BCUT2D eigenvalue weighted by Gasteiger charge is -2.14.